The van der Waals surface area contributed by atoms with Crippen LogP contribution in [0.15, 0.2) is 40.9 Å². The van der Waals surface area contributed by atoms with Crippen LogP contribution < -0.4 is 4.74 Å². The average molecular weight is 376 g/mol. The number of benzene rings is 2. The topological polar surface area (TPSA) is 29.5 Å². The molecule has 0 amide bonds. The van der Waals surface area contributed by atoms with Gasteiger partial charge in [-0.3, -0.25) is 0 Å². The summed E-state index contributed by atoms with van der Waals surface area (Å²) >= 11 is 15.3. The summed E-state index contributed by atoms with van der Waals surface area (Å²) in [5, 5.41) is 11.4. The van der Waals surface area contributed by atoms with Crippen LogP contribution in [-0.2, 0) is 6.42 Å². The molecular formula is C15H13BrCl2O2. The molecule has 1 N–H and O–H groups in total. The quantitative estimate of drug-likeness (QED) is 0.810. The van der Waals surface area contributed by atoms with Crippen molar-refractivity contribution < 1.29 is 9.84 Å². The molecule has 0 spiro atoms. The van der Waals surface area contributed by atoms with Gasteiger partial charge in [-0.2, -0.15) is 0 Å². The molecule has 0 saturated carbocycles. The van der Waals surface area contributed by atoms with Crippen molar-refractivity contribution >= 4 is 39.1 Å². The number of hydrogen-bond acceptors (Lipinski definition) is 2. The minimum Gasteiger partial charge on any atom is -0.496 e. The van der Waals surface area contributed by atoms with Crippen LogP contribution in [0.3, 0.4) is 0 Å². The van der Waals surface area contributed by atoms with Crippen LogP contribution in [0.1, 0.15) is 17.2 Å². The molecule has 0 fully saturated rings. The molecule has 2 aromatic rings. The smallest absolute Gasteiger partial charge is 0.124 e. The molecule has 0 aliphatic rings. The number of hydrogen-bond donors (Lipinski definition) is 1. The lowest BCUT2D eigenvalue weighted by Gasteiger charge is -2.15. The third-order valence-corrected chi connectivity index (χ3v) is 4.20. The van der Waals surface area contributed by atoms with E-state index in [0.29, 0.717) is 22.2 Å². The molecule has 106 valence electrons. The molecule has 5 heteroatoms. The first-order chi connectivity index (χ1) is 9.51. The van der Waals surface area contributed by atoms with Gasteiger partial charge in [0.2, 0.25) is 0 Å². The number of aliphatic hydroxyl groups excluding tert-OH is 1. The van der Waals surface area contributed by atoms with Gasteiger partial charge >= 0.3 is 0 Å². The van der Waals surface area contributed by atoms with E-state index in [-0.39, 0.29) is 0 Å². The van der Waals surface area contributed by atoms with Crippen molar-refractivity contribution in [2.45, 2.75) is 12.5 Å². The summed E-state index contributed by atoms with van der Waals surface area (Å²) in [6, 6.07) is 10.9. The fourth-order valence-electron chi connectivity index (χ4n) is 1.97. The molecule has 20 heavy (non-hydrogen) atoms. The molecule has 0 saturated heterocycles. The molecule has 0 aromatic heterocycles. The zero-order chi connectivity index (χ0) is 14.7. The largest absolute Gasteiger partial charge is 0.496 e. The zero-order valence-electron chi connectivity index (χ0n) is 10.7. The minimum absolute atomic E-state index is 0.434. The Morgan fingerprint density at radius 3 is 2.55 bits per heavy atom. The van der Waals surface area contributed by atoms with Crippen molar-refractivity contribution in [3.8, 4) is 5.75 Å². The summed E-state index contributed by atoms with van der Waals surface area (Å²) < 4.78 is 6.16. The first-order valence-corrected chi connectivity index (χ1v) is 7.51. The fourth-order valence-corrected chi connectivity index (χ4v) is 2.66. The van der Waals surface area contributed by atoms with Crippen LogP contribution in [0, 0.1) is 0 Å². The van der Waals surface area contributed by atoms with Crippen molar-refractivity contribution in [1.82, 2.24) is 0 Å². The van der Waals surface area contributed by atoms with E-state index >= 15 is 0 Å². The van der Waals surface area contributed by atoms with Crippen molar-refractivity contribution in [3.05, 3.63) is 62.0 Å². The minimum atomic E-state index is -0.681. The van der Waals surface area contributed by atoms with E-state index in [0.717, 1.165) is 15.6 Å². The lowest BCUT2D eigenvalue weighted by molar-refractivity contribution is 0.174. The second kappa shape index (κ2) is 6.81. The van der Waals surface area contributed by atoms with E-state index in [9.17, 15) is 5.11 Å². The fraction of sp³-hybridized carbons (Fsp3) is 0.200. The average Bonchev–Trinajstić information content (AvgIpc) is 2.43. The van der Waals surface area contributed by atoms with Crippen molar-refractivity contribution in [1.29, 1.82) is 0 Å². The Hall–Kier alpha value is -0.740. The normalized spacial score (nSPS) is 12.2. The first kappa shape index (κ1) is 15.6. The summed E-state index contributed by atoms with van der Waals surface area (Å²) in [7, 11) is 1.58. The Morgan fingerprint density at radius 2 is 1.90 bits per heavy atom. The summed E-state index contributed by atoms with van der Waals surface area (Å²) in [6.07, 6.45) is -0.247. The molecule has 0 bridgehead atoms. The molecule has 0 heterocycles. The molecular weight excluding hydrogens is 363 g/mol. The summed E-state index contributed by atoms with van der Waals surface area (Å²) in [5.74, 6) is 0.653. The van der Waals surface area contributed by atoms with Gasteiger partial charge in [-0.05, 0) is 35.9 Å². The Balaban J connectivity index is 2.25. The highest BCUT2D eigenvalue weighted by molar-refractivity contribution is 9.10. The number of methoxy groups -OCH3 is 1. The second-order valence-electron chi connectivity index (χ2n) is 4.35. The van der Waals surface area contributed by atoms with Gasteiger partial charge in [0.05, 0.1) is 23.3 Å². The van der Waals surface area contributed by atoms with Crippen molar-refractivity contribution in [2.24, 2.45) is 0 Å². The van der Waals surface area contributed by atoms with Crippen LogP contribution in [0.5, 0.6) is 5.75 Å². The van der Waals surface area contributed by atoms with Gasteiger partial charge in [-0.1, -0.05) is 45.2 Å². The molecule has 1 atom stereocenters. The van der Waals surface area contributed by atoms with Crippen molar-refractivity contribution in [3.63, 3.8) is 0 Å². The van der Waals surface area contributed by atoms with Gasteiger partial charge in [0.15, 0.2) is 0 Å². The van der Waals surface area contributed by atoms with Crippen molar-refractivity contribution in [2.75, 3.05) is 7.11 Å². The third kappa shape index (κ3) is 3.67. The highest BCUT2D eigenvalue weighted by Gasteiger charge is 2.15. The van der Waals surface area contributed by atoms with Gasteiger partial charge in [0.25, 0.3) is 0 Å². The Morgan fingerprint density at radius 1 is 1.15 bits per heavy atom. The van der Waals surface area contributed by atoms with E-state index in [4.69, 9.17) is 27.9 Å². The predicted octanol–water partition coefficient (Wildman–Crippen LogP) is 5.04. The third-order valence-electron chi connectivity index (χ3n) is 2.96. The molecule has 2 aromatic carbocycles. The summed E-state index contributed by atoms with van der Waals surface area (Å²) in [5.41, 5.74) is 1.64. The number of aliphatic hydroxyl groups is 1. The van der Waals surface area contributed by atoms with Gasteiger partial charge < -0.3 is 9.84 Å². The number of ether oxygens (including phenoxy) is 1. The van der Waals surface area contributed by atoms with Gasteiger partial charge in [-0.25, -0.2) is 0 Å². The lowest BCUT2D eigenvalue weighted by atomic mass is 10.0. The molecule has 2 rings (SSSR count). The molecule has 0 aliphatic heterocycles. The van der Waals surface area contributed by atoms with Crippen LogP contribution in [0.2, 0.25) is 10.0 Å². The Labute approximate surface area is 136 Å². The maximum Gasteiger partial charge on any atom is 0.124 e. The van der Waals surface area contributed by atoms with E-state index < -0.39 is 6.10 Å². The number of rotatable bonds is 4. The standard InChI is InChI=1S/C15H13BrCl2O2/c1-20-15-5-3-10(16)8-11(15)14(19)7-9-2-4-12(17)13(18)6-9/h2-6,8,14,19H,7H2,1H3. The number of halogens is 3. The summed E-state index contributed by atoms with van der Waals surface area (Å²) in [4.78, 5) is 0. The van der Waals surface area contributed by atoms with Gasteiger partial charge in [-0.15, -0.1) is 0 Å². The predicted molar refractivity (Wildman–Crippen MR) is 85.8 cm³/mol. The van der Waals surface area contributed by atoms with Crippen LogP contribution >= 0.6 is 39.1 Å². The van der Waals surface area contributed by atoms with E-state index in [1.165, 1.54) is 0 Å². The van der Waals surface area contributed by atoms with E-state index in [1.807, 2.05) is 24.3 Å². The van der Waals surface area contributed by atoms with Gasteiger partial charge in [0, 0.05) is 16.5 Å². The van der Waals surface area contributed by atoms with Crippen LogP contribution in [0.25, 0.3) is 0 Å². The Kier molecular flexibility index (Phi) is 5.33. The maximum atomic E-state index is 10.4. The SMILES string of the molecule is COc1ccc(Br)cc1C(O)Cc1ccc(Cl)c(Cl)c1. The molecule has 0 aliphatic carbocycles. The zero-order valence-corrected chi connectivity index (χ0v) is 13.8. The molecule has 1 unspecified atom stereocenters. The maximum absolute atomic E-state index is 10.4. The lowest BCUT2D eigenvalue weighted by Crippen LogP contribution is -2.04. The van der Waals surface area contributed by atoms with Gasteiger partial charge in [0.1, 0.15) is 5.75 Å². The molecule has 2 nitrogen and oxygen atoms in total. The van der Waals surface area contributed by atoms with E-state index in [2.05, 4.69) is 15.9 Å². The van der Waals surface area contributed by atoms with Crippen LogP contribution in [0.4, 0.5) is 0 Å². The van der Waals surface area contributed by atoms with Crippen LogP contribution in [-0.4, -0.2) is 12.2 Å². The monoisotopic (exact) mass is 374 g/mol. The Bertz CT molecular complexity index is 617. The first-order valence-electron chi connectivity index (χ1n) is 5.96. The van der Waals surface area contributed by atoms with E-state index in [1.54, 1.807) is 19.2 Å². The second-order valence-corrected chi connectivity index (χ2v) is 6.08. The molecule has 0 radical (unpaired) electrons. The summed E-state index contributed by atoms with van der Waals surface area (Å²) in [6.45, 7) is 0. The highest BCUT2D eigenvalue weighted by atomic mass is 79.9. The highest BCUT2D eigenvalue weighted by Crippen LogP contribution is 2.31.